The minimum atomic E-state index is -1.06. The molecule has 2 N–H and O–H groups in total. The highest BCUT2D eigenvalue weighted by atomic mass is 16.6. The van der Waals surface area contributed by atoms with Crippen LogP contribution in [0.1, 0.15) is 99.3 Å². The maximum absolute atomic E-state index is 11.7. The summed E-state index contributed by atoms with van der Waals surface area (Å²) in [6, 6.07) is 0. The fraction of sp³-hybridized carbons (Fsp3) is 0.871. The van der Waals surface area contributed by atoms with Gasteiger partial charge < -0.3 is 19.9 Å². The molecule has 4 aliphatic carbocycles. The molecule has 0 unspecified atom stereocenters. The van der Waals surface area contributed by atoms with Gasteiger partial charge in [-0.2, -0.15) is 0 Å². The molecule has 1 aliphatic heterocycles. The summed E-state index contributed by atoms with van der Waals surface area (Å²) in [5.74, 6) is 1.58. The molecule has 1 saturated heterocycles. The summed E-state index contributed by atoms with van der Waals surface area (Å²) in [5.41, 5.74) is 1.95. The highest BCUT2D eigenvalue weighted by Gasteiger charge is 2.67. The van der Waals surface area contributed by atoms with Gasteiger partial charge >= 0.3 is 5.97 Å². The minimum absolute atomic E-state index is 0.00359. The van der Waals surface area contributed by atoms with Crippen LogP contribution in [0.2, 0.25) is 0 Å². The normalized spacial score (nSPS) is 47.1. The molecule has 6 nitrogen and oxygen atoms in total. The lowest BCUT2D eigenvalue weighted by atomic mass is 9.47. The standard InChI is InChI=1S/C31H49NO5/c1-18(17-32-20(3)33)9-14-31(35)19(2)28-27(37-31)16-26-24-8-7-22-15-23(36-21(4)34)10-12-29(22,5)25(24)11-13-30(26,28)6/h7,18-19,23-28,35H,8-17H2,1-6H3,(H,32,33)/t18-,19+,23+,24-,25+,26-,27-,28+,29+,30+,31+/m1/s1. The van der Waals surface area contributed by atoms with Crippen LogP contribution in [-0.2, 0) is 19.1 Å². The van der Waals surface area contributed by atoms with E-state index >= 15 is 0 Å². The first kappa shape index (κ1) is 27.2. The van der Waals surface area contributed by atoms with E-state index in [2.05, 4.69) is 39.1 Å². The van der Waals surface area contributed by atoms with E-state index in [0.717, 1.165) is 38.5 Å². The van der Waals surface area contributed by atoms with Crippen LogP contribution in [-0.4, -0.2) is 41.5 Å². The van der Waals surface area contributed by atoms with Crippen LogP contribution in [0.4, 0.5) is 0 Å². The number of hydrogen-bond acceptors (Lipinski definition) is 5. The molecular formula is C31H49NO5. The molecule has 5 aliphatic rings. The maximum Gasteiger partial charge on any atom is 0.302 e. The Kier molecular flexibility index (Phi) is 7.09. The third-order valence-electron chi connectivity index (χ3n) is 11.8. The number of carbonyl (C=O) groups is 2. The van der Waals surface area contributed by atoms with E-state index < -0.39 is 5.79 Å². The van der Waals surface area contributed by atoms with E-state index in [4.69, 9.17) is 9.47 Å². The van der Waals surface area contributed by atoms with E-state index in [0.29, 0.717) is 42.6 Å². The van der Waals surface area contributed by atoms with Crippen LogP contribution in [0.5, 0.6) is 0 Å². The van der Waals surface area contributed by atoms with Crippen LogP contribution in [0, 0.1) is 46.3 Å². The summed E-state index contributed by atoms with van der Waals surface area (Å²) in [5, 5.41) is 14.6. The van der Waals surface area contributed by atoms with Crippen molar-refractivity contribution < 1.29 is 24.2 Å². The molecule has 37 heavy (non-hydrogen) atoms. The summed E-state index contributed by atoms with van der Waals surface area (Å²) < 4.78 is 12.2. The van der Waals surface area contributed by atoms with Gasteiger partial charge in [-0.25, -0.2) is 0 Å². The van der Waals surface area contributed by atoms with Gasteiger partial charge in [-0.15, -0.1) is 0 Å². The largest absolute Gasteiger partial charge is 0.462 e. The van der Waals surface area contributed by atoms with Crippen molar-refractivity contribution in [1.82, 2.24) is 5.32 Å². The fourth-order valence-corrected chi connectivity index (χ4v) is 9.81. The topological polar surface area (TPSA) is 84.9 Å². The van der Waals surface area contributed by atoms with E-state index in [-0.39, 0.29) is 40.8 Å². The third kappa shape index (κ3) is 4.58. The molecule has 3 saturated carbocycles. The van der Waals surface area contributed by atoms with Gasteiger partial charge in [0.15, 0.2) is 5.79 Å². The number of rotatable bonds is 6. The first-order valence-electron chi connectivity index (χ1n) is 14.9. The van der Waals surface area contributed by atoms with Gasteiger partial charge in [0.05, 0.1) is 6.10 Å². The molecule has 0 aromatic carbocycles. The Balaban J connectivity index is 1.28. The number of carbonyl (C=O) groups excluding carboxylic acids is 2. The van der Waals surface area contributed by atoms with Crippen molar-refractivity contribution in [2.45, 2.75) is 117 Å². The second-order valence-corrected chi connectivity index (χ2v) is 13.9. The Morgan fingerprint density at radius 2 is 1.97 bits per heavy atom. The van der Waals surface area contributed by atoms with E-state index in [1.54, 1.807) is 6.92 Å². The quantitative estimate of drug-likeness (QED) is 0.366. The number of amides is 1. The molecule has 208 valence electrons. The molecule has 5 rings (SSSR count). The zero-order chi connectivity index (χ0) is 26.8. The predicted octanol–water partition coefficient (Wildman–Crippen LogP) is 5.38. The van der Waals surface area contributed by atoms with Gasteiger partial charge in [-0.05, 0) is 85.4 Å². The molecule has 0 radical (unpaired) electrons. The Bertz CT molecular complexity index is 948. The average Bonchev–Trinajstić information content (AvgIpc) is 3.26. The number of esters is 1. The van der Waals surface area contributed by atoms with Crippen molar-refractivity contribution >= 4 is 11.9 Å². The van der Waals surface area contributed by atoms with Gasteiger partial charge in [-0.3, -0.25) is 9.59 Å². The van der Waals surface area contributed by atoms with Crippen molar-refractivity contribution in [3.8, 4) is 0 Å². The fourth-order valence-electron chi connectivity index (χ4n) is 9.81. The Labute approximate surface area is 223 Å². The second kappa shape index (κ2) is 9.66. The average molecular weight is 516 g/mol. The van der Waals surface area contributed by atoms with Crippen LogP contribution in [0.15, 0.2) is 11.6 Å². The molecule has 0 aromatic heterocycles. The molecule has 1 heterocycles. The molecular weight excluding hydrogens is 466 g/mol. The van der Waals surface area contributed by atoms with Crippen molar-refractivity contribution in [3.63, 3.8) is 0 Å². The monoisotopic (exact) mass is 515 g/mol. The SMILES string of the molecule is CC(=O)NC[C@H](C)CC[C@]1(O)O[C@@H]2C[C@@H]3[C@@H]4CC=C5C[C@@H](OC(C)=O)CC[C@]5(C)[C@H]4CC[C@]3(C)[C@H]2[C@@H]1C. The number of hydrogen-bond donors (Lipinski definition) is 2. The Morgan fingerprint density at radius 3 is 2.68 bits per heavy atom. The number of aliphatic hydroxyl groups is 1. The zero-order valence-electron chi connectivity index (χ0n) is 23.8. The first-order valence-corrected chi connectivity index (χ1v) is 14.9. The van der Waals surface area contributed by atoms with Crippen LogP contribution >= 0.6 is 0 Å². The Morgan fingerprint density at radius 1 is 1.22 bits per heavy atom. The van der Waals surface area contributed by atoms with E-state index in [9.17, 15) is 14.7 Å². The smallest absolute Gasteiger partial charge is 0.302 e. The third-order valence-corrected chi connectivity index (χ3v) is 11.8. The summed E-state index contributed by atoms with van der Waals surface area (Å²) in [4.78, 5) is 22.8. The number of ether oxygens (including phenoxy) is 2. The highest BCUT2D eigenvalue weighted by molar-refractivity contribution is 5.72. The zero-order valence-corrected chi connectivity index (χ0v) is 23.8. The molecule has 11 atom stereocenters. The minimum Gasteiger partial charge on any atom is -0.462 e. The molecule has 0 bridgehead atoms. The molecule has 0 spiro atoms. The van der Waals surface area contributed by atoms with Gasteiger partial charge in [0.2, 0.25) is 5.91 Å². The molecule has 6 heteroatoms. The molecule has 4 fully saturated rings. The number of allylic oxidation sites excluding steroid dienone is 1. The van der Waals surface area contributed by atoms with Gasteiger partial charge in [-0.1, -0.05) is 39.3 Å². The van der Waals surface area contributed by atoms with E-state index in [1.165, 1.54) is 25.3 Å². The van der Waals surface area contributed by atoms with Crippen molar-refractivity contribution in [2.24, 2.45) is 46.3 Å². The van der Waals surface area contributed by atoms with Crippen molar-refractivity contribution in [3.05, 3.63) is 11.6 Å². The summed E-state index contributed by atoms with van der Waals surface area (Å²) in [6.45, 7) is 13.1. The van der Waals surface area contributed by atoms with Gasteiger partial charge in [0, 0.05) is 39.2 Å². The van der Waals surface area contributed by atoms with Crippen molar-refractivity contribution in [1.29, 1.82) is 0 Å². The number of nitrogens with one attached hydrogen (secondary N) is 1. The molecule has 1 amide bonds. The summed E-state index contributed by atoms with van der Waals surface area (Å²) >= 11 is 0. The van der Waals surface area contributed by atoms with Crippen LogP contribution in [0.3, 0.4) is 0 Å². The Hall–Kier alpha value is -1.40. The van der Waals surface area contributed by atoms with Crippen LogP contribution in [0.25, 0.3) is 0 Å². The van der Waals surface area contributed by atoms with Gasteiger partial charge in [0.1, 0.15) is 6.10 Å². The van der Waals surface area contributed by atoms with Crippen LogP contribution < -0.4 is 5.32 Å². The summed E-state index contributed by atoms with van der Waals surface area (Å²) in [7, 11) is 0. The predicted molar refractivity (Wildman–Crippen MR) is 142 cm³/mol. The lowest BCUT2D eigenvalue weighted by Crippen LogP contribution is -2.52. The lowest BCUT2D eigenvalue weighted by molar-refractivity contribution is -0.220. The van der Waals surface area contributed by atoms with E-state index in [1.807, 2.05) is 0 Å². The second-order valence-electron chi connectivity index (χ2n) is 13.9. The maximum atomic E-state index is 11.7. The molecule has 0 aromatic rings. The first-order chi connectivity index (χ1) is 17.4. The van der Waals surface area contributed by atoms with Crippen molar-refractivity contribution in [2.75, 3.05) is 6.54 Å². The highest BCUT2D eigenvalue weighted by Crippen LogP contribution is 2.70. The summed E-state index contributed by atoms with van der Waals surface area (Å²) in [6.07, 6.45) is 11.8. The number of fused-ring (bicyclic) bond motifs is 7. The lowest BCUT2D eigenvalue weighted by Gasteiger charge is -2.58. The van der Waals surface area contributed by atoms with Gasteiger partial charge in [0.25, 0.3) is 0 Å².